The largest absolute Gasteiger partial charge is 0.496 e. The second-order valence-corrected chi connectivity index (χ2v) is 6.58. The number of ether oxygens (including phenoxy) is 2. The Kier molecular flexibility index (Phi) is 6.24. The molecule has 4 nitrogen and oxygen atoms in total. The zero-order chi connectivity index (χ0) is 16.0. The minimum atomic E-state index is -0.633. The van der Waals surface area contributed by atoms with Gasteiger partial charge in [0.05, 0.1) is 12.7 Å². The fourth-order valence-corrected chi connectivity index (χ4v) is 2.90. The molecule has 1 atom stereocenters. The third-order valence-corrected chi connectivity index (χ3v) is 4.55. The highest BCUT2D eigenvalue weighted by atomic mass is 16.5. The summed E-state index contributed by atoms with van der Waals surface area (Å²) >= 11 is 0. The van der Waals surface area contributed by atoms with Gasteiger partial charge in [0.15, 0.2) is 0 Å². The molecule has 0 bridgehead atoms. The molecule has 2 rings (SSSR count). The van der Waals surface area contributed by atoms with Crippen molar-refractivity contribution in [3.8, 4) is 5.75 Å². The Morgan fingerprint density at radius 2 is 1.95 bits per heavy atom. The molecule has 0 aromatic heterocycles. The first kappa shape index (κ1) is 17.3. The van der Waals surface area contributed by atoms with Gasteiger partial charge in [-0.1, -0.05) is 32.0 Å². The smallest absolute Gasteiger partial charge is 0.122 e. The number of para-hydroxylation sites is 1. The molecule has 1 aliphatic rings. The lowest BCUT2D eigenvalue weighted by atomic mass is 9.91. The minimum absolute atomic E-state index is 0.308. The van der Waals surface area contributed by atoms with E-state index in [1.807, 2.05) is 18.2 Å². The summed E-state index contributed by atoms with van der Waals surface area (Å²) in [4.78, 5) is 0. The fraction of sp³-hybridized carbons (Fsp3) is 0.667. The lowest BCUT2D eigenvalue weighted by Crippen LogP contribution is -2.49. The molecule has 4 heteroatoms. The number of aliphatic hydroxyl groups is 1. The maximum absolute atomic E-state index is 10.6. The van der Waals surface area contributed by atoms with E-state index in [4.69, 9.17) is 9.47 Å². The van der Waals surface area contributed by atoms with Crippen LogP contribution in [-0.4, -0.2) is 43.6 Å². The predicted molar refractivity (Wildman–Crippen MR) is 88.3 cm³/mol. The van der Waals surface area contributed by atoms with Crippen LogP contribution in [0.5, 0.6) is 5.75 Å². The lowest BCUT2D eigenvalue weighted by molar-refractivity contribution is -0.0633. The fourth-order valence-electron chi connectivity index (χ4n) is 2.90. The molecular weight excluding hydrogens is 278 g/mol. The van der Waals surface area contributed by atoms with Crippen LogP contribution < -0.4 is 10.1 Å². The lowest BCUT2D eigenvalue weighted by Gasteiger charge is -2.35. The van der Waals surface area contributed by atoms with Gasteiger partial charge in [0.1, 0.15) is 5.75 Å². The summed E-state index contributed by atoms with van der Waals surface area (Å²) < 4.78 is 10.8. The van der Waals surface area contributed by atoms with Crippen molar-refractivity contribution in [2.24, 2.45) is 5.92 Å². The van der Waals surface area contributed by atoms with Crippen molar-refractivity contribution in [1.29, 1.82) is 0 Å². The van der Waals surface area contributed by atoms with E-state index in [-0.39, 0.29) is 0 Å². The highest BCUT2D eigenvalue weighted by Gasteiger charge is 2.30. The van der Waals surface area contributed by atoms with Gasteiger partial charge in [0.25, 0.3) is 0 Å². The van der Waals surface area contributed by atoms with Gasteiger partial charge in [-0.05, 0) is 24.0 Å². The SMILES string of the molecule is COc1ccccc1CC(NCC1(O)CCOCC1)C(C)C. The minimum Gasteiger partial charge on any atom is -0.496 e. The highest BCUT2D eigenvalue weighted by molar-refractivity contribution is 5.33. The van der Waals surface area contributed by atoms with Gasteiger partial charge in [-0.3, -0.25) is 0 Å². The summed E-state index contributed by atoms with van der Waals surface area (Å²) in [5.41, 5.74) is 0.571. The zero-order valence-electron chi connectivity index (χ0n) is 14.0. The molecule has 124 valence electrons. The Morgan fingerprint density at radius 1 is 1.27 bits per heavy atom. The van der Waals surface area contributed by atoms with Crippen LogP contribution >= 0.6 is 0 Å². The number of nitrogens with one attached hydrogen (secondary N) is 1. The van der Waals surface area contributed by atoms with Crippen LogP contribution in [-0.2, 0) is 11.2 Å². The van der Waals surface area contributed by atoms with Gasteiger partial charge < -0.3 is 19.9 Å². The predicted octanol–water partition coefficient (Wildman–Crippen LogP) is 2.39. The van der Waals surface area contributed by atoms with Gasteiger partial charge in [0, 0.05) is 38.6 Å². The molecule has 1 heterocycles. The van der Waals surface area contributed by atoms with E-state index in [9.17, 15) is 5.11 Å². The molecule has 1 aromatic carbocycles. The molecular formula is C18H29NO3. The van der Waals surface area contributed by atoms with Crippen LogP contribution in [0.4, 0.5) is 0 Å². The molecule has 2 N–H and O–H groups in total. The summed E-state index contributed by atoms with van der Waals surface area (Å²) in [5, 5.41) is 14.2. The van der Waals surface area contributed by atoms with E-state index in [2.05, 4.69) is 25.2 Å². The Bertz CT molecular complexity index is 455. The van der Waals surface area contributed by atoms with Crippen LogP contribution in [0, 0.1) is 5.92 Å². The molecule has 1 saturated heterocycles. The maximum atomic E-state index is 10.6. The summed E-state index contributed by atoms with van der Waals surface area (Å²) in [6, 6.07) is 8.45. The summed E-state index contributed by atoms with van der Waals surface area (Å²) in [5.74, 6) is 1.41. The molecule has 1 fully saturated rings. The molecule has 1 aliphatic heterocycles. The van der Waals surface area contributed by atoms with E-state index in [1.54, 1.807) is 7.11 Å². The standard InChI is InChI=1S/C18H29NO3/c1-14(2)16(12-15-6-4-5-7-17(15)21-3)19-13-18(20)8-10-22-11-9-18/h4-7,14,16,19-20H,8-13H2,1-3H3. The first-order valence-corrected chi connectivity index (χ1v) is 8.19. The van der Waals surface area contributed by atoms with Crippen molar-refractivity contribution in [1.82, 2.24) is 5.32 Å². The number of methoxy groups -OCH3 is 1. The number of hydrogen-bond acceptors (Lipinski definition) is 4. The Labute approximate surface area is 133 Å². The van der Waals surface area contributed by atoms with Crippen molar-refractivity contribution in [2.75, 3.05) is 26.9 Å². The van der Waals surface area contributed by atoms with Gasteiger partial charge in [-0.2, -0.15) is 0 Å². The number of hydrogen-bond donors (Lipinski definition) is 2. The summed E-state index contributed by atoms with van der Waals surface area (Å²) in [6.45, 7) is 6.34. The van der Waals surface area contributed by atoms with Gasteiger partial charge >= 0.3 is 0 Å². The number of rotatable bonds is 7. The highest BCUT2D eigenvalue weighted by Crippen LogP contribution is 2.23. The third-order valence-electron chi connectivity index (χ3n) is 4.55. The van der Waals surface area contributed by atoms with Gasteiger partial charge in [0.2, 0.25) is 0 Å². The van der Waals surface area contributed by atoms with Crippen molar-refractivity contribution in [3.05, 3.63) is 29.8 Å². The molecule has 0 amide bonds. The van der Waals surface area contributed by atoms with Gasteiger partial charge in [-0.15, -0.1) is 0 Å². The van der Waals surface area contributed by atoms with Crippen molar-refractivity contribution in [3.63, 3.8) is 0 Å². The van der Waals surface area contributed by atoms with E-state index < -0.39 is 5.60 Å². The van der Waals surface area contributed by atoms with Crippen LogP contribution in [0.15, 0.2) is 24.3 Å². The number of benzene rings is 1. The molecule has 1 unspecified atom stereocenters. The van der Waals surface area contributed by atoms with E-state index >= 15 is 0 Å². The molecule has 1 aromatic rings. The molecule has 22 heavy (non-hydrogen) atoms. The average molecular weight is 307 g/mol. The van der Waals surface area contributed by atoms with Crippen LogP contribution in [0.1, 0.15) is 32.3 Å². The average Bonchev–Trinajstić information content (AvgIpc) is 2.52. The quantitative estimate of drug-likeness (QED) is 0.812. The van der Waals surface area contributed by atoms with Crippen molar-refractivity contribution < 1.29 is 14.6 Å². The van der Waals surface area contributed by atoms with Gasteiger partial charge in [-0.25, -0.2) is 0 Å². The van der Waals surface area contributed by atoms with Crippen LogP contribution in [0.25, 0.3) is 0 Å². The van der Waals surface area contributed by atoms with E-state index in [0.717, 1.165) is 12.2 Å². The summed E-state index contributed by atoms with van der Waals surface area (Å²) in [7, 11) is 1.71. The van der Waals surface area contributed by atoms with Crippen molar-refractivity contribution >= 4 is 0 Å². The molecule has 0 aliphatic carbocycles. The van der Waals surface area contributed by atoms with Crippen LogP contribution in [0.3, 0.4) is 0 Å². The monoisotopic (exact) mass is 307 g/mol. The third kappa shape index (κ3) is 4.70. The maximum Gasteiger partial charge on any atom is 0.122 e. The first-order valence-electron chi connectivity index (χ1n) is 8.19. The zero-order valence-corrected chi connectivity index (χ0v) is 14.0. The molecule has 0 saturated carbocycles. The second-order valence-electron chi connectivity index (χ2n) is 6.58. The van der Waals surface area contributed by atoms with E-state index in [0.29, 0.717) is 44.6 Å². The molecule has 0 radical (unpaired) electrons. The normalized spacial score (nSPS) is 19.1. The molecule has 0 spiro atoms. The Hall–Kier alpha value is -1.10. The summed E-state index contributed by atoms with van der Waals surface area (Å²) in [6.07, 6.45) is 2.31. The van der Waals surface area contributed by atoms with E-state index in [1.165, 1.54) is 5.56 Å². The Morgan fingerprint density at radius 3 is 2.59 bits per heavy atom. The van der Waals surface area contributed by atoms with Crippen molar-refractivity contribution in [2.45, 2.75) is 44.8 Å². The second kappa shape index (κ2) is 7.95. The first-order chi connectivity index (χ1) is 10.5. The Balaban J connectivity index is 1.98. The topological polar surface area (TPSA) is 50.7 Å². The van der Waals surface area contributed by atoms with Crippen LogP contribution in [0.2, 0.25) is 0 Å².